The second-order valence-corrected chi connectivity index (χ2v) is 4.07. The van der Waals surface area contributed by atoms with Gasteiger partial charge in [-0.2, -0.15) is 0 Å². The van der Waals surface area contributed by atoms with Gasteiger partial charge in [0.25, 0.3) is 0 Å². The van der Waals surface area contributed by atoms with Gasteiger partial charge >= 0.3 is 5.90 Å². The maximum absolute atomic E-state index is 11.7. The van der Waals surface area contributed by atoms with Gasteiger partial charge in [-0.25, -0.2) is 4.58 Å². The highest BCUT2D eigenvalue weighted by Crippen LogP contribution is 2.10. The molecule has 0 amide bonds. The Morgan fingerprint density at radius 1 is 1.31 bits per heavy atom. The summed E-state index contributed by atoms with van der Waals surface area (Å²) in [5.74, 6) is 0.653. The summed E-state index contributed by atoms with van der Waals surface area (Å²) < 4.78 is 7.12. The van der Waals surface area contributed by atoms with Crippen LogP contribution in [0.2, 0.25) is 5.02 Å². The Kier molecular flexibility index (Phi) is 4.50. The van der Waals surface area contributed by atoms with Crippen LogP contribution in [0.5, 0.6) is 0 Å². The summed E-state index contributed by atoms with van der Waals surface area (Å²) in [7, 11) is 3.73. The standard InChI is InChI=1S/C12H15ClNO2/c1-9(14(2)3)16-8-12(15)10-4-6-11(13)7-5-10/h4-7H,8H2,1-3H3/q+1. The molecule has 0 heterocycles. The summed E-state index contributed by atoms with van der Waals surface area (Å²) in [5.41, 5.74) is 0.607. The van der Waals surface area contributed by atoms with Crippen molar-refractivity contribution in [3.8, 4) is 0 Å². The highest BCUT2D eigenvalue weighted by Gasteiger charge is 2.09. The van der Waals surface area contributed by atoms with Gasteiger partial charge in [-0.05, 0) is 24.3 Å². The highest BCUT2D eigenvalue weighted by atomic mass is 35.5. The fourth-order valence-corrected chi connectivity index (χ4v) is 1.14. The molecule has 3 nitrogen and oxygen atoms in total. The molecule has 4 heteroatoms. The van der Waals surface area contributed by atoms with E-state index in [1.807, 2.05) is 25.6 Å². The molecule has 0 aliphatic carbocycles. The zero-order valence-electron chi connectivity index (χ0n) is 9.66. The third-order valence-corrected chi connectivity index (χ3v) is 2.46. The summed E-state index contributed by atoms with van der Waals surface area (Å²) in [6.45, 7) is 1.86. The number of benzene rings is 1. The fourth-order valence-electron chi connectivity index (χ4n) is 1.02. The van der Waals surface area contributed by atoms with Crippen LogP contribution in [-0.2, 0) is 4.74 Å². The van der Waals surface area contributed by atoms with E-state index in [0.29, 0.717) is 16.5 Å². The third-order valence-electron chi connectivity index (χ3n) is 2.21. The van der Waals surface area contributed by atoms with E-state index in [9.17, 15) is 4.79 Å². The van der Waals surface area contributed by atoms with Crippen LogP contribution >= 0.6 is 11.6 Å². The van der Waals surface area contributed by atoms with Gasteiger partial charge < -0.3 is 4.74 Å². The molecule has 0 fully saturated rings. The average molecular weight is 241 g/mol. The zero-order valence-corrected chi connectivity index (χ0v) is 10.4. The van der Waals surface area contributed by atoms with Crippen molar-refractivity contribution in [3.05, 3.63) is 34.9 Å². The van der Waals surface area contributed by atoms with Gasteiger partial charge in [-0.1, -0.05) is 11.6 Å². The number of ketones is 1. The molecule has 0 atom stereocenters. The molecule has 0 saturated carbocycles. The van der Waals surface area contributed by atoms with E-state index in [0.717, 1.165) is 0 Å². The Labute approximate surface area is 100 Å². The normalized spacial score (nSPS) is 9.75. The van der Waals surface area contributed by atoms with Crippen molar-refractivity contribution in [2.75, 3.05) is 20.7 Å². The lowest BCUT2D eigenvalue weighted by Gasteiger charge is -2.03. The number of ether oxygens (including phenoxy) is 1. The number of nitrogens with zero attached hydrogens (tertiary/aromatic N) is 1. The summed E-state index contributed by atoms with van der Waals surface area (Å²) in [4.78, 5) is 11.7. The van der Waals surface area contributed by atoms with Crippen molar-refractivity contribution >= 4 is 23.3 Å². The number of halogens is 1. The van der Waals surface area contributed by atoms with Crippen LogP contribution in [0.3, 0.4) is 0 Å². The molecule has 1 rings (SSSR count). The van der Waals surface area contributed by atoms with Gasteiger partial charge in [0.2, 0.25) is 0 Å². The molecule has 0 saturated heterocycles. The van der Waals surface area contributed by atoms with Crippen LogP contribution in [0, 0.1) is 0 Å². The van der Waals surface area contributed by atoms with E-state index in [2.05, 4.69) is 0 Å². The van der Waals surface area contributed by atoms with Gasteiger partial charge in [0, 0.05) is 10.6 Å². The van der Waals surface area contributed by atoms with Gasteiger partial charge in [0.15, 0.2) is 12.4 Å². The molecule has 16 heavy (non-hydrogen) atoms. The summed E-state index contributed by atoms with van der Waals surface area (Å²) in [5, 5.41) is 0.619. The molecule has 0 N–H and O–H groups in total. The van der Waals surface area contributed by atoms with Crippen LogP contribution < -0.4 is 0 Å². The Bertz CT molecular complexity index is 406. The molecule has 1 aromatic carbocycles. The maximum atomic E-state index is 11.7. The topological polar surface area (TPSA) is 29.3 Å². The fraction of sp³-hybridized carbons (Fsp3) is 0.333. The summed E-state index contributed by atoms with van der Waals surface area (Å²) >= 11 is 5.73. The quantitative estimate of drug-likeness (QED) is 0.351. The SMILES string of the molecule is CC(OCC(=O)c1ccc(Cl)cc1)=[N+](C)C. The monoisotopic (exact) mass is 240 g/mol. The Hall–Kier alpha value is -1.35. The molecular formula is C12H15ClNO2+. The van der Waals surface area contributed by atoms with E-state index >= 15 is 0 Å². The molecule has 0 radical (unpaired) electrons. The van der Waals surface area contributed by atoms with Crippen LogP contribution in [-0.4, -0.2) is 37.0 Å². The van der Waals surface area contributed by atoms with E-state index in [1.54, 1.807) is 24.3 Å². The third kappa shape index (κ3) is 3.66. The first-order valence-electron chi connectivity index (χ1n) is 4.93. The van der Waals surface area contributed by atoms with Crippen LogP contribution in [0.4, 0.5) is 0 Å². The first-order valence-corrected chi connectivity index (χ1v) is 5.31. The highest BCUT2D eigenvalue weighted by molar-refractivity contribution is 6.30. The van der Waals surface area contributed by atoms with E-state index < -0.39 is 0 Å². The van der Waals surface area contributed by atoms with Gasteiger partial charge in [-0.3, -0.25) is 4.79 Å². The average Bonchev–Trinajstić information content (AvgIpc) is 2.26. The molecule has 0 unspecified atom stereocenters. The number of hydrogen-bond acceptors (Lipinski definition) is 2. The Morgan fingerprint density at radius 3 is 2.38 bits per heavy atom. The van der Waals surface area contributed by atoms with E-state index in [1.165, 1.54) is 0 Å². The molecular weight excluding hydrogens is 226 g/mol. The lowest BCUT2D eigenvalue weighted by molar-refractivity contribution is -0.474. The number of hydrogen-bond donors (Lipinski definition) is 0. The van der Waals surface area contributed by atoms with Crippen molar-refractivity contribution in [1.82, 2.24) is 0 Å². The van der Waals surface area contributed by atoms with Crippen molar-refractivity contribution in [1.29, 1.82) is 0 Å². The molecule has 0 aliphatic rings. The second kappa shape index (κ2) is 5.66. The predicted molar refractivity (Wildman–Crippen MR) is 64.5 cm³/mol. The van der Waals surface area contributed by atoms with Crippen LogP contribution in [0.1, 0.15) is 17.3 Å². The predicted octanol–water partition coefficient (Wildman–Crippen LogP) is 2.23. The number of carbonyl (C=O) groups excluding carboxylic acids is 1. The lowest BCUT2D eigenvalue weighted by Crippen LogP contribution is -2.18. The largest absolute Gasteiger partial charge is 0.440 e. The van der Waals surface area contributed by atoms with Crippen molar-refractivity contribution in [2.24, 2.45) is 0 Å². The Morgan fingerprint density at radius 2 is 1.88 bits per heavy atom. The molecule has 0 aromatic heterocycles. The first-order chi connectivity index (χ1) is 7.50. The van der Waals surface area contributed by atoms with Crippen LogP contribution in [0.25, 0.3) is 0 Å². The molecule has 0 spiro atoms. The summed E-state index contributed by atoms with van der Waals surface area (Å²) in [6.07, 6.45) is 0. The zero-order chi connectivity index (χ0) is 12.1. The molecule has 1 aromatic rings. The van der Waals surface area contributed by atoms with E-state index in [4.69, 9.17) is 16.3 Å². The smallest absolute Gasteiger partial charge is 0.333 e. The first kappa shape index (κ1) is 12.7. The number of carbonyl (C=O) groups is 1. The molecule has 0 aliphatic heterocycles. The van der Waals surface area contributed by atoms with Crippen molar-refractivity contribution < 1.29 is 14.1 Å². The minimum absolute atomic E-state index is 0.0473. The van der Waals surface area contributed by atoms with Crippen LogP contribution in [0.15, 0.2) is 24.3 Å². The maximum Gasteiger partial charge on any atom is 0.333 e. The molecule has 0 bridgehead atoms. The minimum Gasteiger partial charge on any atom is -0.440 e. The van der Waals surface area contributed by atoms with Gasteiger partial charge in [0.05, 0.1) is 6.92 Å². The Balaban J connectivity index is 2.60. The summed E-state index contributed by atoms with van der Waals surface area (Å²) in [6, 6.07) is 6.77. The number of Topliss-reactive ketones (excluding diaryl/α,β-unsaturated/α-hetero) is 1. The van der Waals surface area contributed by atoms with Crippen molar-refractivity contribution in [2.45, 2.75) is 6.92 Å². The minimum atomic E-state index is -0.0575. The molecule has 86 valence electrons. The van der Waals surface area contributed by atoms with E-state index in [-0.39, 0.29) is 12.4 Å². The van der Waals surface area contributed by atoms with Crippen molar-refractivity contribution in [3.63, 3.8) is 0 Å². The second-order valence-electron chi connectivity index (χ2n) is 3.63. The van der Waals surface area contributed by atoms with Gasteiger partial charge in [-0.15, -0.1) is 0 Å². The van der Waals surface area contributed by atoms with Gasteiger partial charge in [0.1, 0.15) is 14.1 Å². The number of rotatable bonds is 3. The lowest BCUT2D eigenvalue weighted by atomic mass is 10.1.